The van der Waals surface area contributed by atoms with Crippen LogP contribution in [-0.4, -0.2) is 59.8 Å². The maximum absolute atomic E-state index is 12.9. The van der Waals surface area contributed by atoms with Crippen LogP contribution in [-0.2, 0) is 14.8 Å². The minimum absolute atomic E-state index is 0.107. The van der Waals surface area contributed by atoms with Crippen molar-refractivity contribution in [2.75, 3.05) is 34.9 Å². The molecular formula is C23H25N3O6S. The highest BCUT2D eigenvalue weighted by Crippen LogP contribution is 2.38. The van der Waals surface area contributed by atoms with Gasteiger partial charge in [-0.2, -0.15) is 9.41 Å². The smallest absolute Gasteiger partial charge is 0.255 e. The quantitative estimate of drug-likeness (QED) is 0.380. The lowest BCUT2D eigenvalue weighted by atomic mass is 10.1. The number of nitrogens with zero attached hydrogens (tertiary/aromatic N) is 2. The van der Waals surface area contributed by atoms with E-state index in [1.165, 1.54) is 40.7 Å². The van der Waals surface area contributed by atoms with E-state index in [1.54, 1.807) is 24.3 Å². The molecule has 0 aromatic heterocycles. The second kappa shape index (κ2) is 10.3. The number of benzene rings is 3. The molecule has 174 valence electrons. The minimum Gasteiger partial charge on any atom is -0.493 e. The van der Waals surface area contributed by atoms with Gasteiger partial charge in [0.2, 0.25) is 15.8 Å². The SMILES string of the molecule is COc1ccc(C=NNC(=O)CN(C)S(=O)(=O)c2ccc3ccccc3c2)c(OC)c1OC. The maximum Gasteiger partial charge on any atom is 0.255 e. The third-order valence-corrected chi connectivity index (χ3v) is 6.72. The Hall–Kier alpha value is -3.63. The van der Waals surface area contributed by atoms with Gasteiger partial charge in [0.05, 0.1) is 39.0 Å². The minimum atomic E-state index is -3.86. The largest absolute Gasteiger partial charge is 0.493 e. The lowest BCUT2D eigenvalue weighted by molar-refractivity contribution is -0.121. The van der Waals surface area contributed by atoms with Crippen molar-refractivity contribution in [1.82, 2.24) is 9.73 Å². The average Bonchev–Trinajstić information content (AvgIpc) is 2.82. The third-order valence-electron chi connectivity index (χ3n) is 4.92. The molecule has 0 heterocycles. The molecular weight excluding hydrogens is 446 g/mol. The molecule has 10 heteroatoms. The van der Waals surface area contributed by atoms with Gasteiger partial charge < -0.3 is 14.2 Å². The lowest BCUT2D eigenvalue weighted by Gasteiger charge is -2.16. The number of hydrazone groups is 1. The molecule has 3 aromatic carbocycles. The van der Waals surface area contributed by atoms with Crippen molar-refractivity contribution >= 4 is 32.9 Å². The van der Waals surface area contributed by atoms with E-state index in [0.29, 0.717) is 22.8 Å². The van der Waals surface area contributed by atoms with Crippen molar-refractivity contribution in [3.63, 3.8) is 0 Å². The fourth-order valence-corrected chi connectivity index (χ4v) is 4.39. The van der Waals surface area contributed by atoms with Crippen LogP contribution in [0.15, 0.2) is 64.6 Å². The lowest BCUT2D eigenvalue weighted by Crippen LogP contribution is -2.36. The van der Waals surface area contributed by atoms with Gasteiger partial charge in [0.25, 0.3) is 5.91 Å². The Morgan fingerprint density at radius 1 is 0.970 bits per heavy atom. The fourth-order valence-electron chi connectivity index (χ4n) is 3.23. The summed E-state index contributed by atoms with van der Waals surface area (Å²) >= 11 is 0. The molecule has 1 N–H and O–H groups in total. The van der Waals surface area contributed by atoms with Crippen LogP contribution in [0.3, 0.4) is 0 Å². The normalized spacial score (nSPS) is 11.7. The molecule has 33 heavy (non-hydrogen) atoms. The topological polar surface area (TPSA) is 107 Å². The van der Waals surface area contributed by atoms with Crippen LogP contribution in [0.4, 0.5) is 0 Å². The summed E-state index contributed by atoms with van der Waals surface area (Å²) in [5.41, 5.74) is 2.86. The molecule has 1 amide bonds. The van der Waals surface area contributed by atoms with Gasteiger partial charge in [-0.25, -0.2) is 13.8 Å². The summed E-state index contributed by atoms with van der Waals surface area (Å²) in [5.74, 6) is 0.649. The second-order valence-electron chi connectivity index (χ2n) is 6.99. The van der Waals surface area contributed by atoms with E-state index in [-0.39, 0.29) is 4.90 Å². The summed E-state index contributed by atoms with van der Waals surface area (Å²) in [6.07, 6.45) is 1.37. The van der Waals surface area contributed by atoms with Crippen molar-refractivity contribution in [2.24, 2.45) is 5.10 Å². The zero-order valence-corrected chi connectivity index (χ0v) is 19.5. The Balaban J connectivity index is 1.69. The summed E-state index contributed by atoms with van der Waals surface area (Å²) in [6, 6.07) is 15.6. The number of hydrogen-bond acceptors (Lipinski definition) is 7. The van der Waals surface area contributed by atoms with Crippen LogP contribution < -0.4 is 19.6 Å². The summed E-state index contributed by atoms with van der Waals surface area (Å²) < 4.78 is 42.6. The highest BCUT2D eigenvalue weighted by atomic mass is 32.2. The number of fused-ring (bicyclic) bond motifs is 1. The van der Waals surface area contributed by atoms with Gasteiger partial charge in [0, 0.05) is 12.6 Å². The van der Waals surface area contributed by atoms with E-state index >= 15 is 0 Å². The molecule has 0 radical (unpaired) electrons. The maximum atomic E-state index is 12.9. The number of hydrogen-bond donors (Lipinski definition) is 1. The van der Waals surface area contributed by atoms with E-state index in [0.717, 1.165) is 15.1 Å². The van der Waals surface area contributed by atoms with E-state index in [1.807, 2.05) is 24.3 Å². The van der Waals surface area contributed by atoms with Crippen molar-refractivity contribution in [3.05, 3.63) is 60.2 Å². The number of amides is 1. The standard InChI is InChI=1S/C23H25N3O6S/c1-26(33(28,29)19-11-9-16-7-5-6-8-17(16)13-19)15-21(27)25-24-14-18-10-12-20(30-2)23(32-4)22(18)31-3/h5-14H,15H2,1-4H3,(H,25,27). The summed E-state index contributed by atoms with van der Waals surface area (Å²) in [7, 11) is 1.94. The second-order valence-corrected chi connectivity index (χ2v) is 9.03. The Labute approximate surface area is 192 Å². The van der Waals surface area contributed by atoms with Crippen LogP contribution in [0.5, 0.6) is 17.2 Å². The number of ether oxygens (including phenoxy) is 3. The van der Waals surface area contributed by atoms with E-state index < -0.39 is 22.5 Å². The van der Waals surface area contributed by atoms with Crippen LogP contribution in [0.1, 0.15) is 5.56 Å². The summed E-state index contributed by atoms with van der Waals surface area (Å²) in [5, 5.41) is 5.63. The Kier molecular flexibility index (Phi) is 7.52. The highest BCUT2D eigenvalue weighted by Gasteiger charge is 2.23. The van der Waals surface area contributed by atoms with Crippen LogP contribution in [0.2, 0.25) is 0 Å². The molecule has 9 nitrogen and oxygen atoms in total. The molecule has 0 atom stereocenters. The Bertz CT molecular complexity index is 1290. The number of carbonyl (C=O) groups is 1. The third kappa shape index (κ3) is 5.24. The van der Waals surface area contributed by atoms with Crippen molar-refractivity contribution in [1.29, 1.82) is 0 Å². The van der Waals surface area contributed by atoms with Crippen LogP contribution >= 0.6 is 0 Å². The van der Waals surface area contributed by atoms with Crippen molar-refractivity contribution in [2.45, 2.75) is 4.90 Å². The molecule has 0 spiro atoms. The predicted octanol–water partition coefficient (Wildman–Crippen LogP) is 2.64. The molecule has 0 saturated heterocycles. The zero-order chi connectivity index (χ0) is 24.0. The van der Waals surface area contributed by atoms with Crippen molar-refractivity contribution < 1.29 is 27.4 Å². The number of nitrogens with one attached hydrogen (secondary N) is 1. The van der Waals surface area contributed by atoms with Gasteiger partial charge in [0.15, 0.2) is 11.5 Å². The summed E-state index contributed by atoms with van der Waals surface area (Å²) in [4.78, 5) is 12.4. The number of methoxy groups -OCH3 is 3. The van der Waals surface area contributed by atoms with Crippen molar-refractivity contribution in [3.8, 4) is 17.2 Å². The van der Waals surface area contributed by atoms with Gasteiger partial charge >= 0.3 is 0 Å². The number of carbonyl (C=O) groups excluding carboxylic acids is 1. The summed E-state index contributed by atoms with van der Waals surface area (Å²) in [6.45, 7) is -0.407. The number of likely N-dealkylation sites (N-methyl/N-ethyl adjacent to an activating group) is 1. The van der Waals surface area contributed by atoms with Gasteiger partial charge in [-0.05, 0) is 35.0 Å². The Morgan fingerprint density at radius 3 is 2.33 bits per heavy atom. The first kappa shape index (κ1) is 24.0. The van der Waals surface area contributed by atoms with Gasteiger partial charge in [-0.15, -0.1) is 0 Å². The number of rotatable bonds is 9. The monoisotopic (exact) mass is 471 g/mol. The molecule has 0 saturated carbocycles. The van der Waals surface area contributed by atoms with Gasteiger partial charge in [0.1, 0.15) is 0 Å². The van der Waals surface area contributed by atoms with E-state index in [2.05, 4.69) is 10.5 Å². The van der Waals surface area contributed by atoms with Crippen LogP contribution in [0.25, 0.3) is 10.8 Å². The zero-order valence-electron chi connectivity index (χ0n) is 18.7. The molecule has 0 unspecified atom stereocenters. The Morgan fingerprint density at radius 2 is 1.67 bits per heavy atom. The molecule has 0 bridgehead atoms. The van der Waals surface area contributed by atoms with Gasteiger partial charge in [-0.3, -0.25) is 4.79 Å². The molecule has 3 rings (SSSR count). The average molecular weight is 472 g/mol. The number of sulfonamides is 1. The first-order valence-corrected chi connectivity index (χ1v) is 11.3. The van der Waals surface area contributed by atoms with E-state index in [4.69, 9.17) is 14.2 Å². The molecule has 0 aliphatic rings. The van der Waals surface area contributed by atoms with Gasteiger partial charge in [-0.1, -0.05) is 30.3 Å². The predicted molar refractivity (Wildman–Crippen MR) is 126 cm³/mol. The highest BCUT2D eigenvalue weighted by molar-refractivity contribution is 7.89. The fraction of sp³-hybridized carbons (Fsp3) is 0.217. The van der Waals surface area contributed by atoms with E-state index in [9.17, 15) is 13.2 Å². The molecule has 0 fully saturated rings. The molecule has 0 aliphatic carbocycles. The molecule has 3 aromatic rings. The molecule has 0 aliphatic heterocycles. The van der Waals surface area contributed by atoms with Crippen LogP contribution in [0, 0.1) is 0 Å². The first-order valence-electron chi connectivity index (χ1n) is 9.87. The first-order chi connectivity index (χ1) is 15.8.